The average Bonchev–Trinajstić information content (AvgIpc) is 2.63. The standard InChI is InChI=1S/C7H11NO2/c9-7(10)6-3-8-2-4-1-5(4)6/h4-6,8H,1-3H2,(H,9,10). The first kappa shape index (κ1) is 6.16. The molecule has 1 saturated heterocycles. The predicted octanol–water partition coefficient (Wildman–Crippen LogP) is -0.0735. The molecule has 2 rings (SSSR count). The first-order valence-electron chi connectivity index (χ1n) is 3.72. The van der Waals surface area contributed by atoms with Gasteiger partial charge in [-0.3, -0.25) is 4.79 Å². The summed E-state index contributed by atoms with van der Waals surface area (Å²) in [5.41, 5.74) is 0. The molecule has 0 aromatic heterocycles. The summed E-state index contributed by atoms with van der Waals surface area (Å²) in [6, 6.07) is 0. The topological polar surface area (TPSA) is 49.3 Å². The van der Waals surface area contributed by atoms with E-state index in [-0.39, 0.29) is 5.92 Å². The van der Waals surface area contributed by atoms with Gasteiger partial charge in [-0.1, -0.05) is 0 Å². The molecule has 2 N–H and O–H groups in total. The number of carbonyl (C=O) groups is 1. The highest BCUT2D eigenvalue weighted by atomic mass is 16.4. The summed E-state index contributed by atoms with van der Waals surface area (Å²) >= 11 is 0. The van der Waals surface area contributed by atoms with Gasteiger partial charge >= 0.3 is 5.97 Å². The molecule has 3 unspecified atom stereocenters. The quantitative estimate of drug-likeness (QED) is 0.537. The van der Waals surface area contributed by atoms with E-state index in [4.69, 9.17) is 5.11 Å². The van der Waals surface area contributed by atoms with Crippen molar-refractivity contribution in [2.24, 2.45) is 17.8 Å². The van der Waals surface area contributed by atoms with Crippen LogP contribution in [0.25, 0.3) is 0 Å². The van der Waals surface area contributed by atoms with E-state index in [1.807, 2.05) is 0 Å². The van der Waals surface area contributed by atoms with E-state index in [1.54, 1.807) is 0 Å². The van der Waals surface area contributed by atoms with Gasteiger partial charge in [-0.25, -0.2) is 0 Å². The van der Waals surface area contributed by atoms with E-state index in [0.29, 0.717) is 18.4 Å². The van der Waals surface area contributed by atoms with Crippen molar-refractivity contribution in [3.8, 4) is 0 Å². The molecule has 1 heterocycles. The molecule has 1 aliphatic heterocycles. The maximum atomic E-state index is 10.6. The summed E-state index contributed by atoms with van der Waals surface area (Å²) in [6.45, 7) is 1.71. The monoisotopic (exact) mass is 141 g/mol. The Labute approximate surface area is 59.4 Å². The third kappa shape index (κ3) is 0.814. The predicted molar refractivity (Wildman–Crippen MR) is 35.6 cm³/mol. The highest BCUT2D eigenvalue weighted by Gasteiger charge is 2.48. The molecule has 0 spiro atoms. The third-order valence-corrected chi connectivity index (χ3v) is 2.58. The number of fused-ring (bicyclic) bond motifs is 1. The number of piperidine rings is 1. The van der Waals surface area contributed by atoms with Crippen molar-refractivity contribution in [3.63, 3.8) is 0 Å². The van der Waals surface area contributed by atoms with Crippen molar-refractivity contribution in [2.45, 2.75) is 6.42 Å². The van der Waals surface area contributed by atoms with Gasteiger partial charge in [-0.05, 0) is 24.8 Å². The largest absolute Gasteiger partial charge is 0.481 e. The van der Waals surface area contributed by atoms with Crippen LogP contribution in [0.1, 0.15) is 6.42 Å². The molecular formula is C7H11NO2. The minimum atomic E-state index is -0.625. The lowest BCUT2D eigenvalue weighted by Gasteiger charge is -2.17. The second-order valence-corrected chi connectivity index (χ2v) is 3.26. The molecule has 3 heteroatoms. The number of hydrogen-bond donors (Lipinski definition) is 2. The molecule has 2 aliphatic rings. The molecule has 0 amide bonds. The minimum absolute atomic E-state index is 0.0984. The molecule has 0 aromatic rings. The van der Waals surface area contributed by atoms with E-state index < -0.39 is 5.97 Å². The summed E-state index contributed by atoms with van der Waals surface area (Å²) in [6.07, 6.45) is 1.13. The SMILES string of the molecule is O=C(O)C1CNCC2CC21. The fourth-order valence-corrected chi connectivity index (χ4v) is 1.84. The highest BCUT2D eigenvalue weighted by molar-refractivity contribution is 5.71. The zero-order valence-electron chi connectivity index (χ0n) is 5.71. The van der Waals surface area contributed by atoms with Crippen LogP contribution in [0.3, 0.4) is 0 Å². The number of carboxylic acid groups (broad SMARTS) is 1. The lowest BCUT2D eigenvalue weighted by atomic mass is 9.99. The third-order valence-electron chi connectivity index (χ3n) is 2.58. The smallest absolute Gasteiger partial charge is 0.308 e. The van der Waals surface area contributed by atoms with Gasteiger partial charge in [0.25, 0.3) is 0 Å². The van der Waals surface area contributed by atoms with Gasteiger partial charge in [0, 0.05) is 6.54 Å². The zero-order chi connectivity index (χ0) is 7.14. The molecule has 1 aliphatic carbocycles. The molecule has 1 saturated carbocycles. The van der Waals surface area contributed by atoms with Crippen LogP contribution in [0, 0.1) is 17.8 Å². The van der Waals surface area contributed by atoms with Crippen LogP contribution in [0.15, 0.2) is 0 Å². The molecule has 10 heavy (non-hydrogen) atoms. The maximum absolute atomic E-state index is 10.6. The molecule has 2 fully saturated rings. The number of nitrogens with one attached hydrogen (secondary N) is 1. The van der Waals surface area contributed by atoms with Crippen LogP contribution in [-0.2, 0) is 4.79 Å². The molecule has 3 atom stereocenters. The first-order valence-corrected chi connectivity index (χ1v) is 3.72. The number of rotatable bonds is 1. The van der Waals surface area contributed by atoms with E-state index in [0.717, 1.165) is 13.0 Å². The van der Waals surface area contributed by atoms with Gasteiger partial charge in [0.1, 0.15) is 0 Å². The van der Waals surface area contributed by atoms with Crippen molar-refractivity contribution < 1.29 is 9.90 Å². The van der Waals surface area contributed by atoms with Crippen LogP contribution >= 0.6 is 0 Å². The normalized spacial score (nSPS) is 44.2. The van der Waals surface area contributed by atoms with Gasteiger partial charge in [-0.15, -0.1) is 0 Å². The van der Waals surface area contributed by atoms with E-state index in [9.17, 15) is 4.79 Å². The lowest BCUT2D eigenvalue weighted by Crippen LogP contribution is -2.36. The zero-order valence-corrected chi connectivity index (χ0v) is 5.71. The molecule has 0 radical (unpaired) electrons. The second-order valence-electron chi connectivity index (χ2n) is 3.26. The first-order chi connectivity index (χ1) is 4.79. The Balaban J connectivity index is 2.02. The van der Waals surface area contributed by atoms with Crippen molar-refractivity contribution in [3.05, 3.63) is 0 Å². The van der Waals surface area contributed by atoms with Gasteiger partial charge in [0.15, 0.2) is 0 Å². The van der Waals surface area contributed by atoms with Gasteiger partial charge in [0.2, 0.25) is 0 Å². The van der Waals surface area contributed by atoms with Crippen LogP contribution in [0.4, 0.5) is 0 Å². The Kier molecular flexibility index (Phi) is 1.20. The summed E-state index contributed by atoms with van der Waals surface area (Å²) in [5, 5.41) is 11.8. The Morgan fingerprint density at radius 2 is 2.30 bits per heavy atom. The summed E-state index contributed by atoms with van der Waals surface area (Å²) in [7, 11) is 0. The molecule has 0 bridgehead atoms. The fourth-order valence-electron chi connectivity index (χ4n) is 1.84. The summed E-state index contributed by atoms with van der Waals surface area (Å²) < 4.78 is 0. The fraction of sp³-hybridized carbons (Fsp3) is 0.857. The number of hydrogen-bond acceptors (Lipinski definition) is 2. The van der Waals surface area contributed by atoms with Gasteiger partial charge in [0.05, 0.1) is 5.92 Å². The number of aliphatic carboxylic acids is 1. The lowest BCUT2D eigenvalue weighted by molar-refractivity contribution is -0.142. The van der Waals surface area contributed by atoms with Gasteiger partial charge < -0.3 is 10.4 Å². The highest BCUT2D eigenvalue weighted by Crippen LogP contribution is 2.45. The Morgan fingerprint density at radius 3 is 2.90 bits per heavy atom. The Morgan fingerprint density at radius 1 is 1.50 bits per heavy atom. The number of carboxylic acids is 1. The molecule has 56 valence electrons. The van der Waals surface area contributed by atoms with E-state index >= 15 is 0 Å². The van der Waals surface area contributed by atoms with E-state index in [1.165, 1.54) is 0 Å². The Bertz CT molecular complexity index is 169. The summed E-state index contributed by atoms with van der Waals surface area (Å²) in [5.74, 6) is 0.451. The van der Waals surface area contributed by atoms with Crippen LogP contribution in [-0.4, -0.2) is 24.2 Å². The average molecular weight is 141 g/mol. The summed E-state index contributed by atoms with van der Waals surface area (Å²) in [4.78, 5) is 10.6. The van der Waals surface area contributed by atoms with Crippen LogP contribution < -0.4 is 5.32 Å². The molecule has 0 aromatic carbocycles. The molecule has 3 nitrogen and oxygen atoms in total. The second kappa shape index (κ2) is 1.95. The van der Waals surface area contributed by atoms with E-state index in [2.05, 4.69) is 5.32 Å². The van der Waals surface area contributed by atoms with Crippen molar-refractivity contribution >= 4 is 5.97 Å². The molecular weight excluding hydrogens is 130 g/mol. The van der Waals surface area contributed by atoms with Crippen molar-refractivity contribution in [1.82, 2.24) is 5.32 Å². The Hall–Kier alpha value is -0.570. The van der Waals surface area contributed by atoms with Crippen molar-refractivity contribution in [1.29, 1.82) is 0 Å². The van der Waals surface area contributed by atoms with Crippen molar-refractivity contribution in [2.75, 3.05) is 13.1 Å². The van der Waals surface area contributed by atoms with Crippen LogP contribution in [0.2, 0.25) is 0 Å². The minimum Gasteiger partial charge on any atom is -0.481 e. The van der Waals surface area contributed by atoms with Crippen LogP contribution in [0.5, 0.6) is 0 Å². The van der Waals surface area contributed by atoms with Gasteiger partial charge in [-0.2, -0.15) is 0 Å². The maximum Gasteiger partial charge on any atom is 0.308 e.